The third-order valence-corrected chi connectivity index (χ3v) is 5.00. The van der Waals surface area contributed by atoms with Crippen molar-refractivity contribution in [2.45, 2.75) is 32.9 Å². The van der Waals surface area contributed by atoms with Gasteiger partial charge in [-0.15, -0.1) is 0 Å². The summed E-state index contributed by atoms with van der Waals surface area (Å²) in [5, 5.41) is 7.61. The number of nitrogens with zero attached hydrogens (tertiary/aromatic N) is 4. The van der Waals surface area contributed by atoms with E-state index in [0.717, 1.165) is 5.56 Å². The Hall–Kier alpha value is -2.39. The van der Waals surface area contributed by atoms with Gasteiger partial charge in [0, 0.05) is 36.8 Å². The van der Waals surface area contributed by atoms with Crippen LogP contribution >= 0.6 is 23.8 Å². The molecule has 8 nitrogen and oxygen atoms in total. The predicted molar refractivity (Wildman–Crippen MR) is 112 cm³/mol. The van der Waals surface area contributed by atoms with Crippen molar-refractivity contribution in [1.82, 2.24) is 24.6 Å². The Bertz CT molecular complexity index is 940. The van der Waals surface area contributed by atoms with Crippen LogP contribution in [0.4, 0.5) is 4.79 Å². The zero-order valence-electron chi connectivity index (χ0n) is 16.6. The molecule has 1 aromatic carbocycles. The molecule has 1 fully saturated rings. The van der Waals surface area contributed by atoms with Crippen LogP contribution in [-0.4, -0.2) is 68.3 Å². The number of piperazine rings is 1. The lowest BCUT2D eigenvalue weighted by atomic mass is 10.2. The van der Waals surface area contributed by atoms with Crippen molar-refractivity contribution in [3.8, 4) is 11.4 Å². The summed E-state index contributed by atoms with van der Waals surface area (Å²) in [4.78, 5) is 28.3. The molecule has 2 aromatic rings. The van der Waals surface area contributed by atoms with Gasteiger partial charge in [-0.3, -0.25) is 14.5 Å². The molecule has 1 saturated heterocycles. The SMILES string of the molecule is CC(C)(C)OC(=O)N1CCN(C(=O)Cn2c(-c3ccc(Cl)cc3)n[nH]c2=S)CC1. The van der Waals surface area contributed by atoms with E-state index in [4.69, 9.17) is 28.6 Å². The molecule has 1 N–H and O–H groups in total. The summed E-state index contributed by atoms with van der Waals surface area (Å²) in [6.45, 7) is 7.31. The molecule has 2 amide bonds. The number of carbonyl (C=O) groups is 2. The number of aromatic amines is 1. The molecule has 10 heteroatoms. The van der Waals surface area contributed by atoms with Crippen LogP contribution in [0.2, 0.25) is 5.02 Å². The van der Waals surface area contributed by atoms with Crippen LogP contribution in [-0.2, 0) is 16.1 Å². The minimum absolute atomic E-state index is 0.0692. The van der Waals surface area contributed by atoms with Crippen molar-refractivity contribution < 1.29 is 14.3 Å². The Morgan fingerprint density at radius 2 is 1.72 bits per heavy atom. The maximum atomic E-state index is 12.8. The van der Waals surface area contributed by atoms with E-state index in [2.05, 4.69) is 10.2 Å². The molecule has 3 rings (SSSR count). The number of amides is 2. The second kappa shape index (κ2) is 8.54. The van der Waals surface area contributed by atoms with Crippen LogP contribution in [0.15, 0.2) is 24.3 Å². The predicted octanol–water partition coefficient (Wildman–Crippen LogP) is 3.34. The standard InChI is InChI=1S/C19H24ClN5O3S/c1-19(2,3)28-18(27)24-10-8-23(9-11-24)15(26)12-25-16(21-22-17(25)29)13-4-6-14(20)7-5-13/h4-7H,8-12H2,1-3H3,(H,22,29). The molecule has 1 aliphatic heterocycles. The molecule has 0 aliphatic carbocycles. The normalized spacial score (nSPS) is 14.8. The number of carbonyl (C=O) groups excluding carboxylic acids is 2. The van der Waals surface area contributed by atoms with Crippen molar-refractivity contribution in [2.75, 3.05) is 26.2 Å². The molecule has 0 saturated carbocycles. The van der Waals surface area contributed by atoms with E-state index in [-0.39, 0.29) is 18.5 Å². The first-order valence-electron chi connectivity index (χ1n) is 9.31. The molecule has 1 aromatic heterocycles. The Morgan fingerprint density at radius 3 is 2.31 bits per heavy atom. The molecular weight excluding hydrogens is 414 g/mol. The van der Waals surface area contributed by atoms with Crippen LogP contribution in [0.1, 0.15) is 20.8 Å². The number of nitrogens with one attached hydrogen (secondary N) is 1. The minimum atomic E-state index is -0.542. The number of hydrogen-bond acceptors (Lipinski definition) is 5. The van der Waals surface area contributed by atoms with Gasteiger partial charge in [-0.1, -0.05) is 11.6 Å². The lowest BCUT2D eigenvalue weighted by Crippen LogP contribution is -2.52. The molecule has 0 bridgehead atoms. The van der Waals surface area contributed by atoms with E-state index in [0.29, 0.717) is 41.8 Å². The Balaban J connectivity index is 1.64. The molecule has 156 valence electrons. The molecule has 0 unspecified atom stereocenters. The van der Waals surface area contributed by atoms with Gasteiger partial charge >= 0.3 is 6.09 Å². The molecule has 2 heterocycles. The van der Waals surface area contributed by atoms with Gasteiger partial charge in [0.15, 0.2) is 10.6 Å². The van der Waals surface area contributed by atoms with E-state index in [1.165, 1.54) is 0 Å². The van der Waals surface area contributed by atoms with E-state index >= 15 is 0 Å². The van der Waals surface area contributed by atoms with E-state index < -0.39 is 5.60 Å². The summed E-state index contributed by atoms with van der Waals surface area (Å²) in [6.07, 6.45) is -0.355. The van der Waals surface area contributed by atoms with Crippen LogP contribution in [0.5, 0.6) is 0 Å². The van der Waals surface area contributed by atoms with Gasteiger partial charge in [0.25, 0.3) is 0 Å². The van der Waals surface area contributed by atoms with Gasteiger partial charge in [-0.25, -0.2) is 4.79 Å². The monoisotopic (exact) mass is 437 g/mol. The smallest absolute Gasteiger partial charge is 0.410 e. The summed E-state index contributed by atoms with van der Waals surface area (Å²) in [5.41, 5.74) is 0.268. The topological polar surface area (TPSA) is 83.5 Å². The quantitative estimate of drug-likeness (QED) is 0.744. The number of rotatable bonds is 3. The molecule has 0 spiro atoms. The van der Waals surface area contributed by atoms with Crippen molar-refractivity contribution in [1.29, 1.82) is 0 Å². The van der Waals surface area contributed by atoms with Crippen molar-refractivity contribution in [3.63, 3.8) is 0 Å². The largest absolute Gasteiger partial charge is 0.444 e. The van der Waals surface area contributed by atoms with Crippen LogP contribution in [0.25, 0.3) is 11.4 Å². The number of ether oxygens (including phenoxy) is 1. The van der Waals surface area contributed by atoms with Crippen LogP contribution < -0.4 is 0 Å². The summed E-state index contributed by atoms with van der Waals surface area (Å²) in [7, 11) is 0. The van der Waals surface area contributed by atoms with Crippen molar-refractivity contribution >= 4 is 35.8 Å². The number of hydrogen-bond donors (Lipinski definition) is 1. The zero-order valence-corrected chi connectivity index (χ0v) is 18.2. The maximum absolute atomic E-state index is 12.8. The van der Waals surface area contributed by atoms with Crippen LogP contribution in [0.3, 0.4) is 0 Å². The average Bonchev–Trinajstić information content (AvgIpc) is 3.01. The van der Waals surface area contributed by atoms with E-state index in [1.54, 1.807) is 26.5 Å². The van der Waals surface area contributed by atoms with Gasteiger partial charge in [-0.05, 0) is 57.3 Å². The highest BCUT2D eigenvalue weighted by Gasteiger charge is 2.28. The van der Waals surface area contributed by atoms with Gasteiger partial charge in [0.1, 0.15) is 12.1 Å². The van der Waals surface area contributed by atoms with Gasteiger partial charge < -0.3 is 14.5 Å². The summed E-state index contributed by atoms with van der Waals surface area (Å²) in [6, 6.07) is 7.18. The highest BCUT2D eigenvalue weighted by atomic mass is 35.5. The average molecular weight is 438 g/mol. The second-order valence-corrected chi connectivity index (χ2v) is 8.62. The summed E-state index contributed by atoms with van der Waals surface area (Å²) >= 11 is 11.2. The first-order valence-corrected chi connectivity index (χ1v) is 10.1. The Kier molecular flexibility index (Phi) is 6.28. The second-order valence-electron chi connectivity index (χ2n) is 7.79. The van der Waals surface area contributed by atoms with E-state index in [9.17, 15) is 9.59 Å². The number of benzene rings is 1. The highest BCUT2D eigenvalue weighted by Crippen LogP contribution is 2.20. The number of aromatic nitrogens is 3. The first-order chi connectivity index (χ1) is 13.6. The molecule has 1 aliphatic rings. The highest BCUT2D eigenvalue weighted by molar-refractivity contribution is 7.71. The van der Waals surface area contributed by atoms with Crippen molar-refractivity contribution in [2.24, 2.45) is 0 Å². The molecule has 0 radical (unpaired) electrons. The Labute approximate surface area is 179 Å². The minimum Gasteiger partial charge on any atom is -0.444 e. The molecule has 29 heavy (non-hydrogen) atoms. The first kappa shape index (κ1) is 21.3. The van der Waals surface area contributed by atoms with E-state index in [1.807, 2.05) is 32.9 Å². The molecule has 0 atom stereocenters. The summed E-state index contributed by atoms with van der Waals surface area (Å²) in [5.74, 6) is 0.494. The maximum Gasteiger partial charge on any atom is 0.410 e. The lowest BCUT2D eigenvalue weighted by Gasteiger charge is -2.35. The third kappa shape index (κ3) is 5.36. The lowest BCUT2D eigenvalue weighted by molar-refractivity contribution is -0.133. The van der Waals surface area contributed by atoms with Crippen molar-refractivity contribution in [3.05, 3.63) is 34.1 Å². The van der Waals surface area contributed by atoms with Gasteiger partial charge in [0.05, 0.1) is 0 Å². The van der Waals surface area contributed by atoms with Gasteiger partial charge in [-0.2, -0.15) is 5.10 Å². The van der Waals surface area contributed by atoms with Crippen LogP contribution in [0, 0.1) is 4.77 Å². The van der Waals surface area contributed by atoms with Gasteiger partial charge in [0.2, 0.25) is 5.91 Å². The fourth-order valence-electron chi connectivity index (χ4n) is 2.98. The number of H-pyrrole nitrogens is 1. The fraction of sp³-hybridized carbons (Fsp3) is 0.474. The Morgan fingerprint density at radius 1 is 1.14 bits per heavy atom. The molecular formula is C19H24ClN5O3S. The summed E-state index contributed by atoms with van der Waals surface area (Å²) < 4.78 is 7.43. The number of halogens is 1. The fourth-order valence-corrected chi connectivity index (χ4v) is 3.31. The zero-order chi connectivity index (χ0) is 21.2. The third-order valence-electron chi connectivity index (χ3n) is 4.44.